The monoisotopic (exact) mass is 428 g/mol. The Balaban J connectivity index is 2.08. The number of hydrogen-bond donors (Lipinski definition) is 6. The third-order valence-electron chi connectivity index (χ3n) is 4.38. The van der Waals surface area contributed by atoms with Crippen molar-refractivity contribution in [2.75, 3.05) is 13.2 Å². The Hall–Kier alpha value is -2.70. The van der Waals surface area contributed by atoms with E-state index < -0.39 is 67.5 Å². The number of aromatic hydroxyl groups is 1. The summed E-state index contributed by atoms with van der Waals surface area (Å²) >= 11 is 0. The first kappa shape index (κ1) is 23.6. The number of aliphatic carboxylic acids is 1. The molecule has 1 aromatic rings. The van der Waals surface area contributed by atoms with Crippen LogP contribution in [0.2, 0.25) is 0 Å². The van der Waals surface area contributed by atoms with Crippen molar-refractivity contribution in [1.82, 2.24) is 0 Å². The van der Waals surface area contributed by atoms with Gasteiger partial charge < -0.3 is 44.8 Å². The van der Waals surface area contributed by atoms with Crippen LogP contribution in [-0.4, -0.2) is 86.5 Å². The van der Waals surface area contributed by atoms with Gasteiger partial charge in [-0.15, -0.1) is 0 Å². The number of aliphatic hydroxyl groups is 4. The minimum absolute atomic E-state index is 0.139. The summed E-state index contributed by atoms with van der Waals surface area (Å²) < 4.78 is 15.7. The molecule has 1 aliphatic heterocycles. The van der Waals surface area contributed by atoms with Gasteiger partial charge in [-0.25, -0.2) is 4.79 Å². The van der Waals surface area contributed by atoms with Crippen LogP contribution in [0.5, 0.6) is 11.5 Å². The van der Waals surface area contributed by atoms with Crippen LogP contribution in [0, 0.1) is 5.92 Å². The lowest BCUT2D eigenvalue weighted by Gasteiger charge is -2.40. The quantitative estimate of drug-likeness (QED) is 0.217. The Labute approximate surface area is 171 Å². The molecule has 11 heteroatoms. The topological polar surface area (TPSA) is 183 Å². The number of phenolic OH excluding ortho intramolecular Hbond substituents is 1. The van der Waals surface area contributed by atoms with Gasteiger partial charge in [-0.05, 0) is 30.7 Å². The molecule has 1 heterocycles. The highest BCUT2D eigenvalue weighted by atomic mass is 16.7. The van der Waals surface area contributed by atoms with E-state index >= 15 is 0 Å². The van der Waals surface area contributed by atoms with E-state index in [0.717, 1.165) is 6.08 Å². The molecular weight excluding hydrogens is 404 g/mol. The highest BCUT2D eigenvalue weighted by molar-refractivity contribution is 5.85. The van der Waals surface area contributed by atoms with E-state index in [2.05, 4.69) is 0 Å². The number of hydrogen-bond acceptors (Lipinski definition) is 10. The van der Waals surface area contributed by atoms with Gasteiger partial charge in [0.25, 0.3) is 0 Å². The van der Waals surface area contributed by atoms with Crippen molar-refractivity contribution in [1.29, 1.82) is 0 Å². The fourth-order valence-corrected chi connectivity index (χ4v) is 2.56. The third-order valence-corrected chi connectivity index (χ3v) is 4.38. The molecule has 166 valence electrons. The van der Waals surface area contributed by atoms with Gasteiger partial charge in [0.2, 0.25) is 6.29 Å². The number of aliphatic hydroxyl groups excluding tert-OH is 4. The van der Waals surface area contributed by atoms with E-state index in [0.29, 0.717) is 5.56 Å². The van der Waals surface area contributed by atoms with Crippen molar-refractivity contribution in [3.05, 3.63) is 29.8 Å². The van der Waals surface area contributed by atoms with E-state index in [1.54, 1.807) is 0 Å². The summed E-state index contributed by atoms with van der Waals surface area (Å²) in [5.41, 5.74) is 0.366. The van der Waals surface area contributed by atoms with Gasteiger partial charge in [0.05, 0.1) is 12.5 Å². The summed E-state index contributed by atoms with van der Waals surface area (Å²) in [6.07, 6.45) is -5.61. The smallest absolute Gasteiger partial charge is 0.328 e. The molecule has 0 radical (unpaired) electrons. The lowest BCUT2D eigenvalue weighted by Crippen LogP contribution is -2.60. The number of phenols is 1. The Kier molecular flexibility index (Phi) is 8.15. The zero-order valence-corrected chi connectivity index (χ0v) is 16.0. The van der Waals surface area contributed by atoms with Gasteiger partial charge in [-0.3, -0.25) is 4.79 Å². The minimum atomic E-state index is -1.69. The summed E-state index contributed by atoms with van der Waals surface area (Å²) in [5, 5.41) is 57.9. The van der Waals surface area contributed by atoms with Crippen molar-refractivity contribution in [2.24, 2.45) is 5.92 Å². The highest BCUT2D eigenvalue weighted by Crippen LogP contribution is 2.31. The number of rotatable bonds is 8. The average Bonchev–Trinajstić information content (AvgIpc) is 2.72. The van der Waals surface area contributed by atoms with Crippen molar-refractivity contribution in [2.45, 2.75) is 37.6 Å². The second-order valence-electron chi connectivity index (χ2n) is 6.74. The van der Waals surface area contributed by atoms with Crippen LogP contribution in [0.4, 0.5) is 0 Å². The average molecular weight is 428 g/mol. The second kappa shape index (κ2) is 10.4. The van der Waals surface area contributed by atoms with Crippen molar-refractivity contribution in [3.8, 4) is 11.5 Å². The van der Waals surface area contributed by atoms with E-state index in [1.165, 1.54) is 31.2 Å². The fourth-order valence-electron chi connectivity index (χ4n) is 2.56. The zero-order chi connectivity index (χ0) is 22.4. The normalized spacial score (nSPS) is 27.6. The fraction of sp³-hybridized carbons (Fsp3) is 0.474. The van der Waals surface area contributed by atoms with Crippen LogP contribution >= 0.6 is 0 Å². The summed E-state index contributed by atoms with van der Waals surface area (Å²) in [4.78, 5) is 22.2. The molecule has 0 aromatic heterocycles. The molecule has 30 heavy (non-hydrogen) atoms. The van der Waals surface area contributed by atoms with Crippen molar-refractivity contribution >= 4 is 18.0 Å². The van der Waals surface area contributed by atoms with Gasteiger partial charge in [0, 0.05) is 6.08 Å². The Morgan fingerprint density at radius 3 is 2.50 bits per heavy atom. The van der Waals surface area contributed by atoms with Gasteiger partial charge in [-0.1, -0.05) is 6.07 Å². The number of esters is 1. The van der Waals surface area contributed by atoms with Crippen LogP contribution in [0.1, 0.15) is 12.5 Å². The van der Waals surface area contributed by atoms with Crippen LogP contribution in [-0.2, 0) is 19.1 Å². The molecule has 1 aromatic carbocycles. The molecule has 0 aliphatic carbocycles. The summed E-state index contributed by atoms with van der Waals surface area (Å²) in [7, 11) is 0. The number of carboxylic acids is 1. The molecule has 6 atom stereocenters. The molecule has 6 N–H and O–H groups in total. The molecular formula is C19H24O11. The molecule has 2 rings (SSSR count). The molecule has 1 unspecified atom stereocenters. The Bertz CT molecular complexity index is 778. The Morgan fingerprint density at radius 2 is 1.90 bits per heavy atom. The molecule has 0 spiro atoms. The first-order valence-corrected chi connectivity index (χ1v) is 9.01. The molecule has 1 saturated heterocycles. The second-order valence-corrected chi connectivity index (χ2v) is 6.74. The number of benzene rings is 1. The lowest BCUT2D eigenvalue weighted by atomic mass is 9.99. The summed E-state index contributed by atoms with van der Waals surface area (Å²) in [5.74, 6) is -3.23. The Morgan fingerprint density at radius 1 is 1.20 bits per heavy atom. The number of carbonyl (C=O) groups is 2. The van der Waals surface area contributed by atoms with Gasteiger partial charge in [0.1, 0.15) is 31.0 Å². The largest absolute Gasteiger partial charge is 0.504 e. The molecule has 0 amide bonds. The summed E-state index contributed by atoms with van der Waals surface area (Å²) in [6.45, 7) is 0.527. The number of carbonyl (C=O) groups excluding carboxylic acids is 1. The van der Waals surface area contributed by atoms with E-state index in [1.807, 2.05) is 0 Å². The van der Waals surface area contributed by atoms with E-state index in [4.69, 9.17) is 24.4 Å². The SMILES string of the molecule is CC(CO)C(=O)OC[C@H]1O[C@@H](Oc2ccc(/C=C/C(=O)O)cc2O)[C@H](O)[C@@H](O)[C@@H]1O. The van der Waals surface area contributed by atoms with Crippen LogP contribution in [0.15, 0.2) is 24.3 Å². The van der Waals surface area contributed by atoms with Crippen LogP contribution in [0.3, 0.4) is 0 Å². The molecule has 11 nitrogen and oxygen atoms in total. The van der Waals surface area contributed by atoms with Gasteiger partial charge >= 0.3 is 11.9 Å². The maximum Gasteiger partial charge on any atom is 0.328 e. The maximum absolute atomic E-state index is 11.7. The van der Waals surface area contributed by atoms with Crippen molar-refractivity contribution in [3.63, 3.8) is 0 Å². The van der Waals surface area contributed by atoms with Crippen LogP contribution in [0.25, 0.3) is 6.08 Å². The van der Waals surface area contributed by atoms with Gasteiger partial charge in [-0.2, -0.15) is 0 Å². The standard InChI is InChI=1S/C19H24O11/c1-9(7-20)18(27)28-8-13-15(24)16(25)17(26)19(30-13)29-12-4-2-10(6-11(12)21)3-5-14(22)23/h2-6,9,13,15-17,19-21,24-26H,7-8H2,1H3,(H,22,23)/b5-3+/t9?,13-,15-,16+,17-,19-/m1/s1. The lowest BCUT2D eigenvalue weighted by molar-refractivity contribution is -0.279. The molecule has 1 aliphatic rings. The summed E-state index contributed by atoms with van der Waals surface area (Å²) in [6, 6.07) is 3.94. The van der Waals surface area contributed by atoms with E-state index in [9.17, 15) is 30.0 Å². The van der Waals surface area contributed by atoms with Crippen molar-refractivity contribution < 1.29 is 54.4 Å². The zero-order valence-electron chi connectivity index (χ0n) is 16.0. The predicted molar refractivity (Wildman–Crippen MR) is 99.3 cm³/mol. The van der Waals surface area contributed by atoms with E-state index in [-0.39, 0.29) is 5.75 Å². The van der Waals surface area contributed by atoms with Gasteiger partial charge in [0.15, 0.2) is 11.5 Å². The maximum atomic E-state index is 11.7. The first-order chi connectivity index (χ1) is 14.1. The molecule has 0 saturated carbocycles. The number of carboxylic acid groups (broad SMARTS) is 1. The predicted octanol–water partition coefficient (Wildman–Crippen LogP) is -1.15. The first-order valence-electron chi connectivity index (χ1n) is 9.01. The molecule has 0 bridgehead atoms. The van der Waals surface area contributed by atoms with Crippen LogP contribution < -0.4 is 4.74 Å². The third kappa shape index (κ3) is 5.90. The number of ether oxygens (including phenoxy) is 3. The molecule has 1 fully saturated rings. The highest BCUT2D eigenvalue weighted by Gasteiger charge is 2.45. The minimum Gasteiger partial charge on any atom is -0.504 e.